The number of fused-ring (bicyclic) bond motifs is 1. The summed E-state index contributed by atoms with van der Waals surface area (Å²) >= 11 is 0. The molecule has 0 saturated heterocycles. The van der Waals surface area contributed by atoms with Crippen molar-refractivity contribution in [2.45, 2.75) is 64.3 Å². The van der Waals surface area contributed by atoms with Crippen LogP contribution >= 0.6 is 0 Å². The van der Waals surface area contributed by atoms with Crippen LogP contribution in [0, 0.1) is 11.8 Å². The third-order valence-corrected chi connectivity index (χ3v) is 7.61. The molecule has 1 aromatic carbocycles. The summed E-state index contributed by atoms with van der Waals surface area (Å²) in [6.07, 6.45) is 6.56. The third-order valence-electron chi connectivity index (χ3n) is 6.14. The lowest BCUT2D eigenvalue weighted by atomic mass is 10.1. The number of hydrogen-bond acceptors (Lipinski definition) is 6. The fraction of sp³-hybridized carbons (Fsp3) is 0.483. The number of unbranched alkanes of at least 4 members (excludes halogenated alkanes) is 1. The average molecular weight is 557 g/mol. The Balaban J connectivity index is 1.67. The number of furan rings is 1. The van der Waals surface area contributed by atoms with E-state index in [0.717, 1.165) is 5.56 Å². The van der Waals surface area contributed by atoms with Crippen LogP contribution in [0.2, 0.25) is 0 Å². The zero-order chi connectivity index (χ0) is 28.4. The molecule has 9 nitrogen and oxygen atoms in total. The maximum absolute atomic E-state index is 13.7. The summed E-state index contributed by atoms with van der Waals surface area (Å²) in [4.78, 5) is 31.8. The van der Waals surface area contributed by atoms with E-state index in [-0.39, 0.29) is 35.0 Å². The van der Waals surface area contributed by atoms with Crippen LogP contribution < -0.4 is 10.0 Å². The number of sulfonamides is 1. The Morgan fingerprint density at radius 2 is 1.77 bits per heavy atom. The van der Waals surface area contributed by atoms with Crippen LogP contribution in [0.4, 0.5) is 0 Å². The molecule has 0 bridgehead atoms. The maximum atomic E-state index is 13.7. The summed E-state index contributed by atoms with van der Waals surface area (Å²) in [5, 5.41) is 3.56. The van der Waals surface area contributed by atoms with Crippen LogP contribution in [-0.2, 0) is 26.0 Å². The van der Waals surface area contributed by atoms with Gasteiger partial charge in [-0.3, -0.25) is 14.6 Å². The predicted molar refractivity (Wildman–Crippen MR) is 151 cm³/mol. The van der Waals surface area contributed by atoms with Crippen molar-refractivity contribution in [3.63, 3.8) is 0 Å². The molecule has 2 aromatic heterocycles. The molecule has 10 heteroatoms. The molecular formula is C29H40N4O5S. The molecule has 0 fully saturated rings. The second-order valence-electron chi connectivity index (χ2n) is 10.7. The number of hydrogen-bond donors (Lipinski definition) is 2. The van der Waals surface area contributed by atoms with Gasteiger partial charge in [-0.1, -0.05) is 33.8 Å². The highest BCUT2D eigenvalue weighted by Gasteiger charge is 2.30. The summed E-state index contributed by atoms with van der Waals surface area (Å²) in [7, 11) is -3.97. The van der Waals surface area contributed by atoms with Crippen LogP contribution in [0.3, 0.4) is 0 Å². The second-order valence-corrected chi connectivity index (χ2v) is 12.4. The quantitative estimate of drug-likeness (QED) is 0.271. The third kappa shape index (κ3) is 9.47. The van der Waals surface area contributed by atoms with Gasteiger partial charge in [-0.2, -0.15) is 4.72 Å². The lowest BCUT2D eigenvalue weighted by Crippen LogP contribution is -2.50. The topological polar surface area (TPSA) is 122 Å². The number of benzene rings is 1. The highest BCUT2D eigenvalue weighted by atomic mass is 32.2. The van der Waals surface area contributed by atoms with E-state index < -0.39 is 16.1 Å². The summed E-state index contributed by atoms with van der Waals surface area (Å²) in [5.41, 5.74) is 1.42. The summed E-state index contributed by atoms with van der Waals surface area (Å²) in [5.74, 6) is 0.143. The fourth-order valence-corrected chi connectivity index (χ4v) is 5.67. The first-order valence-corrected chi connectivity index (χ1v) is 15.0. The largest absolute Gasteiger partial charge is 0.464 e. The van der Waals surface area contributed by atoms with E-state index in [0.29, 0.717) is 49.9 Å². The Morgan fingerprint density at radius 3 is 2.44 bits per heavy atom. The van der Waals surface area contributed by atoms with Crippen molar-refractivity contribution < 1.29 is 22.4 Å². The molecule has 39 heavy (non-hydrogen) atoms. The molecule has 2 amide bonds. The van der Waals surface area contributed by atoms with Crippen LogP contribution in [0.1, 0.15) is 52.5 Å². The molecule has 0 aliphatic rings. The number of rotatable bonds is 15. The van der Waals surface area contributed by atoms with Crippen molar-refractivity contribution in [3.05, 3.63) is 60.6 Å². The molecule has 3 rings (SSSR count). The second kappa shape index (κ2) is 14.2. The first-order valence-electron chi connectivity index (χ1n) is 13.5. The lowest BCUT2D eigenvalue weighted by Gasteiger charge is -2.30. The molecule has 0 spiro atoms. The SMILES string of the molecule is CC(C)CN(CC(C)C)C(=O)C(CCCCNC(=O)Cc1cccnc1)NS(=O)(=O)c1ccc2occc2c1. The van der Waals surface area contributed by atoms with Gasteiger partial charge in [0, 0.05) is 37.4 Å². The molecule has 212 valence electrons. The van der Waals surface area contributed by atoms with Crippen molar-refractivity contribution >= 4 is 32.8 Å². The summed E-state index contributed by atoms with van der Waals surface area (Å²) < 4.78 is 34.7. The molecule has 0 aliphatic heterocycles. The Labute approximate surface area is 231 Å². The van der Waals surface area contributed by atoms with Crippen molar-refractivity contribution in [2.24, 2.45) is 11.8 Å². The zero-order valence-corrected chi connectivity index (χ0v) is 24.0. The molecule has 0 aliphatic carbocycles. The van der Waals surface area contributed by atoms with E-state index in [4.69, 9.17) is 4.42 Å². The number of carbonyl (C=O) groups is 2. The Bertz CT molecular complexity index is 1310. The standard InChI is InChI=1S/C29H40N4O5S/c1-21(2)19-33(20-22(3)4)29(35)26(9-5-6-14-31-28(34)16-23-8-7-13-30-18-23)32-39(36,37)25-10-11-27-24(17-25)12-15-38-27/h7-8,10-13,15,17-18,21-22,26,32H,5-6,9,14,16,19-20H2,1-4H3,(H,31,34). The first kappa shape index (κ1) is 30.3. The van der Waals surface area contributed by atoms with E-state index in [1.807, 2.05) is 33.8 Å². The van der Waals surface area contributed by atoms with Gasteiger partial charge >= 0.3 is 0 Å². The molecule has 2 heterocycles. The minimum absolute atomic E-state index is 0.0798. The molecule has 3 aromatic rings. The van der Waals surface area contributed by atoms with Gasteiger partial charge in [0.1, 0.15) is 11.6 Å². The van der Waals surface area contributed by atoms with Crippen molar-refractivity contribution in [1.82, 2.24) is 19.9 Å². The van der Waals surface area contributed by atoms with Crippen LogP contribution in [-0.4, -0.2) is 55.8 Å². The smallest absolute Gasteiger partial charge is 0.241 e. The van der Waals surface area contributed by atoms with Gasteiger partial charge in [-0.25, -0.2) is 8.42 Å². The predicted octanol–water partition coefficient (Wildman–Crippen LogP) is 4.14. The average Bonchev–Trinajstić information content (AvgIpc) is 3.35. The number of nitrogens with zero attached hydrogens (tertiary/aromatic N) is 2. The normalized spacial score (nSPS) is 12.7. The number of aromatic nitrogens is 1. The number of carbonyl (C=O) groups excluding carboxylic acids is 2. The molecule has 1 unspecified atom stereocenters. The van der Waals surface area contributed by atoms with Crippen molar-refractivity contribution in [1.29, 1.82) is 0 Å². The minimum Gasteiger partial charge on any atom is -0.464 e. The fourth-order valence-electron chi connectivity index (χ4n) is 4.41. The van der Waals surface area contributed by atoms with Gasteiger partial charge in [0.05, 0.1) is 17.6 Å². The summed E-state index contributed by atoms with van der Waals surface area (Å²) in [6.45, 7) is 9.66. The van der Waals surface area contributed by atoms with Crippen LogP contribution in [0.5, 0.6) is 0 Å². The first-order chi connectivity index (χ1) is 18.5. The van der Waals surface area contributed by atoms with Crippen molar-refractivity contribution in [3.8, 4) is 0 Å². The number of pyridine rings is 1. The van der Waals surface area contributed by atoms with Gasteiger partial charge < -0.3 is 14.6 Å². The van der Waals surface area contributed by atoms with E-state index >= 15 is 0 Å². The monoisotopic (exact) mass is 556 g/mol. The Hall–Kier alpha value is -3.24. The molecule has 2 N–H and O–H groups in total. The van der Waals surface area contributed by atoms with E-state index in [2.05, 4.69) is 15.0 Å². The van der Waals surface area contributed by atoms with E-state index in [1.165, 1.54) is 12.3 Å². The Morgan fingerprint density at radius 1 is 1.03 bits per heavy atom. The van der Waals surface area contributed by atoms with Gasteiger partial charge in [0.2, 0.25) is 21.8 Å². The molecular weight excluding hydrogens is 516 g/mol. The van der Waals surface area contributed by atoms with E-state index in [9.17, 15) is 18.0 Å². The molecule has 1 atom stereocenters. The summed E-state index contributed by atoms with van der Waals surface area (Å²) in [6, 6.07) is 9.05. The Kier molecular flexibility index (Phi) is 11.1. The maximum Gasteiger partial charge on any atom is 0.241 e. The van der Waals surface area contributed by atoms with Gasteiger partial charge in [0.15, 0.2) is 0 Å². The number of amides is 2. The highest BCUT2D eigenvalue weighted by Crippen LogP contribution is 2.21. The van der Waals surface area contributed by atoms with Gasteiger partial charge in [-0.05, 0) is 67.0 Å². The van der Waals surface area contributed by atoms with E-state index in [1.54, 1.807) is 41.6 Å². The van der Waals surface area contributed by atoms with Gasteiger partial charge in [0.25, 0.3) is 0 Å². The highest BCUT2D eigenvalue weighted by molar-refractivity contribution is 7.89. The molecule has 0 radical (unpaired) electrons. The van der Waals surface area contributed by atoms with Crippen LogP contribution in [0.25, 0.3) is 11.0 Å². The lowest BCUT2D eigenvalue weighted by molar-refractivity contribution is -0.134. The number of nitrogens with one attached hydrogen (secondary N) is 2. The van der Waals surface area contributed by atoms with Crippen molar-refractivity contribution in [2.75, 3.05) is 19.6 Å². The van der Waals surface area contributed by atoms with Crippen LogP contribution in [0.15, 0.2) is 64.4 Å². The zero-order valence-electron chi connectivity index (χ0n) is 23.2. The molecule has 0 saturated carbocycles. The van der Waals surface area contributed by atoms with Gasteiger partial charge in [-0.15, -0.1) is 0 Å². The minimum atomic E-state index is -3.97.